The third kappa shape index (κ3) is 1.25. The fraction of sp³-hybridized carbons (Fsp3) is 1.00. The summed E-state index contributed by atoms with van der Waals surface area (Å²) in [6.07, 6.45) is 4.11. The third-order valence-corrected chi connectivity index (χ3v) is 9.16. The molecule has 3 fully saturated rings. The molecule has 0 amide bonds. The Kier molecular flexibility index (Phi) is 2.45. The van der Waals surface area contributed by atoms with E-state index in [4.69, 9.17) is 11.8 Å². The first-order chi connectivity index (χ1) is 6.82. The van der Waals surface area contributed by atoms with Gasteiger partial charge in [0, 0.05) is 39.3 Å². The minimum Gasteiger partial charge on any atom is -0.250 e. The summed E-state index contributed by atoms with van der Waals surface area (Å²) in [6.45, 7) is 6.05. The van der Waals surface area contributed by atoms with Crippen LogP contribution in [0.2, 0.25) is 0 Å². The van der Waals surface area contributed by atoms with Gasteiger partial charge in [-0.1, -0.05) is 6.42 Å². The topological polar surface area (TPSA) is 9.72 Å². The molecule has 3 aliphatic rings. The smallest absolute Gasteiger partial charge is 0.145 e. The van der Waals surface area contributed by atoms with Crippen molar-refractivity contribution in [2.24, 2.45) is 0 Å². The van der Waals surface area contributed by atoms with Crippen molar-refractivity contribution in [3.63, 3.8) is 0 Å². The molecule has 0 N–H and O–H groups in total. The summed E-state index contributed by atoms with van der Waals surface area (Å²) in [5.74, 6) is 0. The molecule has 0 radical (unpaired) electrons. The van der Waals surface area contributed by atoms with E-state index in [9.17, 15) is 0 Å². The number of nitrogens with zero attached hydrogens (tertiary/aromatic N) is 3. The van der Waals surface area contributed by atoms with Crippen molar-refractivity contribution in [2.75, 3.05) is 39.3 Å². The van der Waals surface area contributed by atoms with Crippen LogP contribution in [0.4, 0.5) is 0 Å². The van der Waals surface area contributed by atoms with E-state index in [0.29, 0.717) is 0 Å². The van der Waals surface area contributed by atoms with Crippen LogP contribution in [-0.2, 0) is 11.8 Å². The van der Waals surface area contributed by atoms with Crippen molar-refractivity contribution in [2.45, 2.75) is 19.3 Å². The Morgan fingerprint density at radius 3 is 1.57 bits per heavy atom. The van der Waals surface area contributed by atoms with Gasteiger partial charge in [0.25, 0.3) is 0 Å². The molecule has 0 saturated carbocycles. The minimum atomic E-state index is -1.38. The molecule has 0 bridgehead atoms. The van der Waals surface area contributed by atoms with Gasteiger partial charge in [0.1, 0.15) is 6.49 Å². The number of hydrogen-bond donors (Lipinski definition) is 0. The van der Waals surface area contributed by atoms with Gasteiger partial charge in [-0.25, -0.2) is 4.67 Å². The summed E-state index contributed by atoms with van der Waals surface area (Å²) in [7, 11) is 0. The second-order valence-electron chi connectivity index (χ2n) is 4.43. The molecule has 3 saturated heterocycles. The fourth-order valence-electron chi connectivity index (χ4n) is 2.88. The van der Waals surface area contributed by atoms with Crippen molar-refractivity contribution in [1.82, 2.24) is 14.0 Å². The van der Waals surface area contributed by atoms with Crippen LogP contribution in [0.1, 0.15) is 19.3 Å². The van der Waals surface area contributed by atoms with Crippen LogP contribution in [0.15, 0.2) is 0 Å². The third-order valence-electron chi connectivity index (χ3n) is 3.67. The average Bonchev–Trinajstić information content (AvgIpc) is 2.57. The summed E-state index contributed by atoms with van der Waals surface area (Å²) < 4.78 is 7.83. The Hall–Kier alpha value is 0.530. The lowest BCUT2D eigenvalue weighted by atomic mass is 10.2. The van der Waals surface area contributed by atoms with Gasteiger partial charge in [0.15, 0.2) is 0 Å². The Morgan fingerprint density at radius 2 is 1.07 bits per heavy atom. The van der Waals surface area contributed by atoms with Crippen LogP contribution in [0.3, 0.4) is 0 Å². The van der Waals surface area contributed by atoms with Gasteiger partial charge < -0.3 is 0 Å². The molecule has 5 heteroatoms. The van der Waals surface area contributed by atoms with Gasteiger partial charge in [-0.15, -0.1) is 0 Å². The Balaban J connectivity index is 1.94. The molecule has 0 aliphatic carbocycles. The molecule has 3 nitrogen and oxygen atoms in total. The van der Waals surface area contributed by atoms with Crippen LogP contribution >= 0.6 is 6.49 Å². The van der Waals surface area contributed by atoms with Crippen molar-refractivity contribution < 1.29 is 0 Å². The maximum Gasteiger partial charge on any atom is 0.145 e. The number of hydrogen-bond acceptors (Lipinski definition) is 1. The maximum atomic E-state index is 5.98. The molecular formula is C9H18N3PS. The number of rotatable bonds is 0. The van der Waals surface area contributed by atoms with Crippen molar-refractivity contribution in [3.8, 4) is 0 Å². The molecule has 3 aliphatic heterocycles. The van der Waals surface area contributed by atoms with E-state index >= 15 is 0 Å². The first kappa shape index (κ1) is 9.73. The lowest BCUT2D eigenvalue weighted by Crippen LogP contribution is -2.30. The Bertz CT molecular complexity index is 261. The lowest BCUT2D eigenvalue weighted by Gasteiger charge is -2.37. The molecule has 80 valence electrons. The Labute approximate surface area is 91.2 Å². The van der Waals surface area contributed by atoms with E-state index in [1.165, 1.54) is 58.5 Å². The van der Waals surface area contributed by atoms with E-state index in [1.54, 1.807) is 0 Å². The van der Waals surface area contributed by atoms with Crippen molar-refractivity contribution >= 4 is 18.3 Å². The zero-order chi connectivity index (χ0) is 9.60. The summed E-state index contributed by atoms with van der Waals surface area (Å²) in [5.41, 5.74) is 0. The summed E-state index contributed by atoms with van der Waals surface area (Å²) >= 11 is 5.98. The van der Waals surface area contributed by atoms with Crippen LogP contribution in [0.5, 0.6) is 0 Å². The summed E-state index contributed by atoms with van der Waals surface area (Å²) in [5, 5.41) is 0. The maximum absolute atomic E-state index is 5.98. The van der Waals surface area contributed by atoms with Crippen LogP contribution in [0, 0.1) is 0 Å². The molecule has 3 rings (SSSR count). The molecule has 0 unspecified atom stereocenters. The quantitative estimate of drug-likeness (QED) is 0.582. The minimum absolute atomic E-state index is 1.23. The zero-order valence-corrected chi connectivity index (χ0v) is 10.3. The molecular weight excluding hydrogens is 213 g/mol. The molecule has 0 atom stereocenters. The molecule has 3 heterocycles. The zero-order valence-electron chi connectivity index (χ0n) is 8.56. The first-order valence-electron chi connectivity index (χ1n) is 5.68. The van der Waals surface area contributed by atoms with Gasteiger partial charge in [-0.05, 0) is 24.6 Å². The van der Waals surface area contributed by atoms with Gasteiger partial charge in [0.2, 0.25) is 0 Å². The van der Waals surface area contributed by atoms with Crippen LogP contribution in [-0.4, -0.2) is 53.3 Å². The van der Waals surface area contributed by atoms with E-state index in [-0.39, 0.29) is 0 Å². The van der Waals surface area contributed by atoms with Gasteiger partial charge in [0.05, 0.1) is 0 Å². The highest BCUT2D eigenvalue weighted by Gasteiger charge is 2.47. The molecule has 14 heavy (non-hydrogen) atoms. The lowest BCUT2D eigenvalue weighted by molar-refractivity contribution is 0.363. The fourth-order valence-corrected chi connectivity index (χ4v) is 7.63. The van der Waals surface area contributed by atoms with E-state index in [1.807, 2.05) is 0 Å². The van der Waals surface area contributed by atoms with E-state index in [2.05, 4.69) is 14.0 Å². The van der Waals surface area contributed by atoms with Crippen LogP contribution < -0.4 is 0 Å². The molecule has 0 aromatic rings. The monoisotopic (exact) mass is 231 g/mol. The van der Waals surface area contributed by atoms with Gasteiger partial charge in [-0.2, -0.15) is 0 Å². The van der Waals surface area contributed by atoms with Gasteiger partial charge >= 0.3 is 0 Å². The molecule has 0 aromatic heterocycles. The van der Waals surface area contributed by atoms with Gasteiger partial charge in [-0.3, -0.25) is 9.34 Å². The molecule has 0 aromatic carbocycles. The first-order valence-corrected chi connectivity index (χ1v) is 8.34. The van der Waals surface area contributed by atoms with Crippen molar-refractivity contribution in [1.29, 1.82) is 0 Å². The predicted octanol–water partition coefficient (Wildman–Crippen LogP) is 1.33. The predicted molar refractivity (Wildman–Crippen MR) is 62.9 cm³/mol. The van der Waals surface area contributed by atoms with Crippen molar-refractivity contribution in [3.05, 3.63) is 0 Å². The normalized spacial score (nSPS) is 34.0. The summed E-state index contributed by atoms with van der Waals surface area (Å²) in [4.78, 5) is 0. The summed E-state index contributed by atoms with van der Waals surface area (Å²) in [6, 6.07) is 0. The highest BCUT2D eigenvalue weighted by atomic mass is 32.4. The van der Waals surface area contributed by atoms with E-state index in [0.717, 1.165) is 0 Å². The average molecular weight is 231 g/mol. The van der Waals surface area contributed by atoms with Crippen LogP contribution in [0.25, 0.3) is 0 Å². The second-order valence-corrected chi connectivity index (χ2v) is 8.63. The molecule has 0 spiro atoms. The Morgan fingerprint density at radius 1 is 0.643 bits per heavy atom. The largest absolute Gasteiger partial charge is 0.250 e. The second kappa shape index (κ2) is 3.53. The highest BCUT2D eigenvalue weighted by molar-refractivity contribution is 8.11. The standard InChI is InChI=1S/C9H18N3PS/c14-13-10-4-2-1-3-5-11(13)7-9-12(13)8-6-10/h1-9H2. The SMILES string of the molecule is S=P12N3CCCCCN1CCN2CC3. The highest BCUT2D eigenvalue weighted by Crippen LogP contribution is 2.63. The van der Waals surface area contributed by atoms with E-state index < -0.39 is 6.49 Å².